The van der Waals surface area contributed by atoms with Crippen molar-refractivity contribution in [1.29, 1.82) is 0 Å². The molecule has 0 saturated carbocycles. The van der Waals surface area contributed by atoms with Gasteiger partial charge in [-0.15, -0.1) is 0 Å². The van der Waals surface area contributed by atoms with Crippen molar-refractivity contribution in [1.82, 2.24) is 0 Å². The van der Waals surface area contributed by atoms with Gasteiger partial charge in [0.2, 0.25) is 0 Å². The van der Waals surface area contributed by atoms with E-state index in [1.807, 2.05) is 30.3 Å². The second-order valence-electron chi connectivity index (χ2n) is 5.76. The van der Waals surface area contributed by atoms with Crippen LogP contribution < -0.4 is 10.5 Å². The van der Waals surface area contributed by atoms with Gasteiger partial charge in [-0.25, -0.2) is 0 Å². The van der Waals surface area contributed by atoms with Gasteiger partial charge in [0.1, 0.15) is 12.4 Å². The van der Waals surface area contributed by atoms with Gasteiger partial charge in [0.25, 0.3) is 0 Å². The van der Waals surface area contributed by atoms with Crippen LogP contribution in [0.1, 0.15) is 16.7 Å². The summed E-state index contributed by atoms with van der Waals surface area (Å²) in [7, 11) is 0. The molecule has 0 amide bonds. The van der Waals surface area contributed by atoms with Gasteiger partial charge in [-0.05, 0) is 59.9 Å². The molecule has 3 rings (SSSR count). The van der Waals surface area contributed by atoms with Crippen LogP contribution in [0.15, 0.2) is 66.7 Å². The number of benzene rings is 3. The number of rotatable bonds is 4. The Balaban J connectivity index is 1.84. The fourth-order valence-electron chi connectivity index (χ4n) is 2.66. The molecule has 0 heterocycles. The maximum absolute atomic E-state index is 5.99. The average Bonchev–Trinajstić information content (AvgIpc) is 2.58. The fraction of sp³-hybridized carbons (Fsp3) is 0.143. The van der Waals surface area contributed by atoms with Crippen molar-refractivity contribution in [3.8, 4) is 16.9 Å². The van der Waals surface area contributed by atoms with Crippen LogP contribution in [0.4, 0.5) is 5.69 Å². The van der Waals surface area contributed by atoms with Crippen molar-refractivity contribution in [2.24, 2.45) is 0 Å². The molecule has 0 spiro atoms. The van der Waals surface area contributed by atoms with Crippen LogP contribution in [0.2, 0.25) is 0 Å². The van der Waals surface area contributed by atoms with Crippen LogP contribution in [0.3, 0.4) is 0 Å². The van der Waals surface area contributed by atoms with Gasteiger partial charge in [0.15, 0.2) is 0 Å². The summed E-state index contributed by atoms with van der Waals surface area (Å²) in [5.41, 5.74) is 12.5. The van der Waals surface area contributed by atoms with E-state index < -0.39 is 0 Å². The lowest BCUT2D eigenvalue weighted by molar-refractivity contribution is 0.304. The van der Waals surface area contributed by atoms with Crippen LogP contribution in [0.5, 0.6) is 5.75 Å². The van der Waals surface area contributed by atoms with E-state index in [0.717, 1.165) is 11.4 Å². The first-order valence-electron chi connectivity index (χ1n) is 7.78. The predicted molar refractivity (Wildman–Crippen MR) is 96.5 cm³/mol. The van der Waals surface area contributed by atoms with Crippen LogP contribution >= 0.6 is 0 Å². The standard InChI is InChI=1S/C21H21NO/c1-15-16(2)21(23-14-17-6-4-3-5-7-17)13-12-20(15)18-8-10-19(22)11-9-18/h3-13H,14,22H2,1-2H3. The minimum Gasteiger partial charge on any atom is -0.489 e. The lowest BCUT2D eigenvalue weighted by Gasteiger charge is -2.15. The van der Waals surface area contributed by atoms with E-state index >= 15 is 0 Å². The Hall–Kier alpha value is -2.74. The van der Waals surface area contributed by atoms with E-state index in [0.29, 0.717) is 6.61 Å². The highest BCUT2D eigenvalue weighted by atomic mass is 16.5. The Morgan fingerprint density at radius 1 is 0.783 bits per heavy atom. The zero-order valence-corrected chi connectivity index (χ0v) is 13.5. The Morgan fingerprint density at radius 2 is 1.48 bits per heavy atom. The van der Waals surface area contributed by atoms with Gasteiger partial charge < -0.3 is 10.5 Å². The van der Waals surface area contributed by atoms with Crippen LogP contribution in [0.25, 0.3) is 11.1 Å². The molecule has 0 radical (unpaired) electrons. The molecule has 2 nitrogen and oxygen atoms in total. The fourth-order valence-corrected chi connectivity index (χ4v) is 2.66. The predicted octanol–water partition coefficient (Wildman–Crippen LogP) is 5.13. The molecule has 23 heavy (non-hydrogen) atoms. The minimum atomic E-state index is 0.586. The zero-order chi connectivity index (χ0) is 16.2. The summed E-state index contributed by atoms with van der Waals surface area (Å²) in [6, 6.07) is 22.4. The number of nitrogens with two attached hydrogens (primary N) is 1. The van der Waals surface area contributed by atoms with Crippen molar-refractivity contribution in [2.75, 3.05) is 5.73 Å². The second kappa shape index (κ2) is 6.57. The molecule has 0 unspecified atom stereocenters. The first-order valence-corrected chi connectivity index (χ1v) is 7.78. The van der Waals surface area contributed by atoms with Crippen molar-refractivity contribution in [2.45, 2.75) is 20.5 Å². The molecule has 0 saturated heterocycles. The van der Waals surface area contributed by atoms with E-state index in [4.69, 9.17) is 10.5 Å². The van der Waals surface area contributed by atoms with E-state index in [-0.39, 0.29) is 0 Å². The molecule has 3 aromatic rings. The van der Waals surface area contributed by atoms with Crippen LogP contribution in [-0.4, -0.2) is 0 Å². The Kier molecular flexibility index (Phi) is 4.33. The van der Waals surface area contributed by atoms with Crippen molar-refractivity contribution in [3.05, 3.63) is 83.4 Å². The number of hydrogen-bond acceptors (Lipinski definition) is 2. The SMILES string of the molecule is Cc1c(OCc2ccccc2)ccc(-c2ccc(N)cc2)c1C. The summed E-state index contributed by atoms with van der Waals surface area (Å²) in [4.78, 5) is 0. The van der Waals surface area contributed by atoms with E-state index in [2.05, 4.69) is 50.2 Å². The second-order valence-corrected chi connectivity index (χ2v) is 5.76. The monoisotopic (exact) mass is 303 g/mol. The molecule has 0 aromatic heterocycles. The zero-order valence-electron chi connectivity index (χ0n) is 13.5. The molecule has 0 fully saturated rings. The highest BCUT2D eigenvalue weighted by Crippen LogP contribution is 2.31. The van der Waals surface area contributed by atoms with Crippen LogP contribution in [-0.2, 0) is 6.61 Å². The van der Waals surface area contributed by atoms with Gasteiger partial charge in [0.05, 0.1) is 0 Å². The summed E-state index contributed by atoms with van der Waals surface area (Å²) in [5, 5.41) is 0. The van der Waals surface area contributed by atoms with Gasteiger partial charge >= 0.3 is 0 Å². The number of hydrogen-bond donors (Lipinski definition) is 1. The Labute approximate surface area is 137 Å². The van der Waals surface area contributed by atoms with Crippen molar-refractivity contribution < 1.29 is 4.74 Å². The first kappa shape index (κ1) is 15.2. The number of ether oxygens (including phenoxy) is 1. The molecular formula is C21H21NO. The summed E-state index contributed by atoms with van der Waals surface area (Å²) < 4.78 is 5.99. The normalized spacial score (nSPS) is 10.5. The quantitative estimate of drug-likeness (QED) is 0.678. The van der Waals surface area contributed by atoms with Gasteiger partial charge in [-0.1, -0.05) is 48.5 Å². The summed E-state index contributed by atoms with van der Waals surface area (Å²) >= 11 is 0. The molecule has 3 aromatic carbocycles. The molecule has 0 aliphatic rings. The summed E-state index contributed by atoms with van der Waals surface area (Å²) in [6.07, 6.45) is 0. The third-order valence-electron chi connectivity index (χ3n) is 4.20. The molecule has 2 heteroatoms. The van der Waals surface area contributed by atoms with E-state index in [9.17, 15) is 0 Å². The maximum Gasteiger partial charge on any atom is 0.123 e. The third kappa shape index (κ3) is 3.37. The Bertz CT molecular complexity index is 792. The van der Waals surface area contributed by atoms with Gasteiger partial charge in [-0.3, -0.25) is 0 Å². The number of nitrogen functional groups attached to an aromatic ring is 1. The number of anilines is 1. The lowest BCUT2D eigenvalue weighted by Crippen LogP contribution is -1.99. The summed E-state index contributed by atoms with van der Waals surface area (Å²) in [6.45, 7) is 4.83. The lowest BCUT2D eigenvalue weighted by atomic mass is 9.96. The topological polar surface area (TPSA) is 35.2 Å². The highest BCUT2D eigenvalue weighted by molar-refractivity contribution is 5.71. The van der Waals surface area contributed by atoms with Crippen molar-refractivity contribution in [3.63, 3.8) is 0 Å². The highest BCUT2D eigenvalue weighted by Gasteiger charge is 2.09. The molecule has 0 bridgehead atoms. The molecule has 2 N–H and O–H groups in total. The molecule has 0 aliphatic heterocycles. The third-order valence-corrected chi connectivity index (χ3v) is 4.20. The maximum atomic E-state index is 5.99. The van der Waals surface area contributed by atoms with Crippen LogP contribution in [0, 0.1) is 13.8 Å². The molecular weight excluding hydrogens is 282 g/mol. The average molecular weight is 303 g/mol. The minimum absolute atomic E-state index is 0.586. The van der Waals surface area contributed by atoms with Gasteiger partial charge in [-0.2, -0.15) is 0 Å². The summed E-state index contributed by atoms with van der Waals surface area (Å²) in [5.74, 6) is 0.936. The first-order chi connectivity index (χ1) is 11.1. The van der Waals surface area contributed by atoms with E-state index in [1.54, 1.807) is 0 Å². The Morgan fingerprint density at radius 3 is 2.17 bits per heavy atom. The van der Waals surface area contributed by atoms with E-state index in [1.165, 1.54) is 27.8 Å². The molecule has 0 aliphatic carbocycles. The largest absolute Gasteiger partial charge is 0.489 e. The van der Waals surface area contributed by atoms with Crippen molar-refractivity contribution >= 4 is 5.69 Å². The van der Waals surface area contributed by atoms with Gasteiger partial charge in [0, 0.05) is 5.69 Å². The molecule has 116 valence electrons. The molecule has 0 atom stereocenters. The smallest absolute Gasteiger partial charge is 0.123 e.